The Labute approximate surface area is 145 Å². The molecule has 1 aromatic heterocycles. The van der Waals surface area contributed by atoms with Crippen molar-refractivity contribution in [3.05, 3.63) is 24.0 Å². The highest BCUT2D eigenvalue weighted by Gasteiger charge is 2.39. The third-order valence-corrected chi connectivity index (χ3v) is 4.57. The molecule has 0 aliphatic heterocycles. The number of nitrogens with two attached hydrogens (primary N) is 1. The fourth-order valence-electron chi connectivity index (χ4n) is 2.61. The molecule has 0 saturated heterocycles. The van der Waals surface area contributed by atoms with Gasteiger partial charge in [-0.2, -0.15) is 4.98 Å². The van der Waals surface area contributed by atoms with Gasteiger partial charge in [-0.25, -0.2) is 8.42 Å². The second-order valence-electron chi connectivity index (χ2n) is 6.25. The summed E-state index contributed by atoms with van der Waals surface area (Å²) in [5, 5.41) is 6.57. The number of nitrogens with zero attached hydrogens (tertiary/aromatic N) is 2. The van der Waals surface area contributed by atoms with Crippen molar-refractivity contribution in [3.8, 4) is 11.5 Å². The predicted molar refractivity (Wildman–Crippen MR) is 92.2 cm³/mol. The normalized spacial score (nSPS) is 16.1. The molecule has 2 aromatic rings. The molecule has 134 valence electrons. The minimum absolute atomic E-state index is 0.130. The minimum atomic E-state index is -3.51. The lowest BCUT2D eigenvalue weighted by atomic mass is 9.77. The lowest BCUT2D eigenvalue weighted by Gasteiger charge is -2.34. The molecule has 0 radical (unpaired) electrons. The van der Waals surface area contributed by atoms with Gasteiger partial charge < -0.3 is 15.6 Å². The minimum Gasteiger partial charge on any atom is -0.334 e. The van der Waals surface area contributed by atoms with E-state index in [0.717, 1.165) is 25.5 Å². The van der Waals surface area contributed by atoms with Crippen molar-refractivity contribution in [2.45, 2.75) is 31.7 Å². The maximum Gasteiger partial charge on any atom is 0.260 e. The molecule has 1 aliphatic carbocycles. The van der Waals surface area contributed by atoms with Crippen molar-refractivity contribution < 1.29 is 17.7 Å². The van der Waals surface area contributed by atoms with Crippen molar-refractivity contribution >= 4 is 27.3 Å². The Hall–Kier alpha value is -2.46. The number of aromatic nitrogens is 2. The molecule has 0 atom stereocenters. The zero-order valence-corrected chi connectivity index (χ0v) is 14.7. The van der Waals surface area contributed by atoms with Gasteiger partial charge in [0.25, 0.3) is 5.89 Å². The SMILES string of the molecule is CC(=O)Nc1ccc(NS(C)(=O)=O)c(-c2nc(C3(N)CCC3)no2)c1. The average Bonchev–Trinajstić information content (AvgIpc) is 2.94. The van der Waals surface area contributed by atoms with Gasteiger partial charge in [-0.1, -0.05) is 5.16 Å². The van der Waals surface area contributed by atoms with Crippen LogP contribution in [0, 0.1) is 0 Å². The van der Waals surface area contributed by atoms with E-state index in [9.17, 15) is 13.2 Å². The van der Waals surface area contributed by atoms with Crippen LogP contribution in [-0.4, -0.2) is 30.7 Å². The summed E-state index contributed by atoms with van der Waals surface area (Å²) in [6.07, 6.45) is 3.58. The van der Waals surface area contributed by atoms with Crippen LogP contribution in [0.1, 0.15) is 32.0 Å². The second-order valence-corrected chi connectivity index (χ2v) is 8.00. The molecule has 9 nitrogen and oxygen atoms in total. The summed E-state index contributed by atoms with van der Waals surface area (Å²) < 4.78 is 30.9. The lowest BCUT2D eigenvalue weighted by Crippen LogP contribution is -2.44. The fourth-order valence-corrected chi connectivity index (χ4v) is 3.18. The van der Waals surface area contributed by atoms with Gasteiger partial charge in [0.05, 0.1) is 23.0 Å². The van der Waals surface area contributed by atoms with Crippen LogP contribution in [0.25, 0.3) is 11.5 Å². The summed E-state index contributed by atoms with van der Waals surface area (Å²) in [7, 11) is -3.51. The first-order valence-corrected chi connectivity index (χ1v) is 9.58. The molecule has 1 aliphatic rings. The number of hydrogen-bond donors (Lipinski definition) is 3. The van der Waals surface area contributed by atoms with Crippen molar-refractivity contribution in [1.29, 1.82) is 0 Å². The van der Waals surface area contributed by atoms with E-state index in [2.05, 4.69) is 20.2 Å². The third-order valence-electron chi connectivity index (χ3n) is 3.98. The predicted octanol–water partition coefficient (Wildman–Crippen LogP) is 1.40. The summed E-state index contributed by atoms with van der Waals surface area (Å²) >= 11 is 0. The number of amides is 1. The van der Waals surface area contributed by atoms with Crippen LogP contribution in [0.2, 0.25) is 0 Å². The number of nitrogens with one attached hydrogen (secondary N) is 2. The number of hydrogen-bond acceptors (Lipinski definition) is 7. The smallest absolute Gasteiger partial charge is 0.260 e. The average molecular weight is 365 g/mol. The van der Waals surface area contributed by atoms with E-state index in [-0.39, 0.29) is 17.5 Å². The second kappa shape index (κ2) is 6.12. The number of anilines is 2. The Morgan fingerprint density at radius 2 is 2.08 bits per heavy atom. The molecule has 1 fully saturated rings. The molecule has 0 spiro atoms. The molecular formula is C15H19N5O4S. The number of carbonyl (C=O) groups excluding carboxylic acids is 1. The van der Waals surface area contributed by atoms with E-state index in [1.54, 1.807) is 12.1 Å². The number of sulfonamides is 1. The molecule has 10 heteroatoms. The first-order valence-electron chi connectivity index (χ1n) is 7.69. The Balaban J connectivity index is 2.03. The monoisotopic (exact) mass is 365 g/mol. The van der Waals surface area contributed by atoms with Crippen molar-refractivity contribution in [3.63, 3.8) is 0 Å². The van der Waals surface area contributed by atoms with Crippen molar-refractivity contribution in [2.24, 2.45) is 5.73 Å². The molecule has 0 unspecified atom stereocenters. The van der Waals surface area contributed by atoms with Crippen LogP contribution in [0.5, 0.6) is 0 Å². The highest BCUT2D eigenvalue weighted by Crippen LogP contribution is 2.38. The number of benzene rings is 1. The highest BCUT2D eigenvalue weighted by atomic mass is 32.2. The first-order chi connectivity index (χ1) is 11.7. The van der Waals surface area contributed by atoms with Gasteiger partial charge in [0, 0.05) is 12.6 Å². The van der Waals surface area contributed by atoms with Gasteiger partial charge in [0.1, 0.15) is 0 Å². The lowest BCUT2D eigenvalue weighted by molar-refractivity contribution is -0.114. The van der Waals surface area contributed by atoms with E-state index in [0.29, 0.717) is 17.1 Å². The van der Waals surface area contributed by atoms with Crippen LogP contribution in [0.3, 0.4) is 0 Å². The first kappa shape index (κ1) is 17.4. The maximum atomic E-state index is 11.6. The molecular weight excluding hydrogens is 346 g/mol. The van der Waals surface area contributed by atoms with E-state index in [1.807, 2.05) is 0 Å². The van der Waals surface area contributed by atoms with Crippen LogP contribution >= 0.6 is 0 Å². The van der Waals surface area contributed by atoms with Crippen LogP contribution in [0.4, 0.5) is 11.4 Å². The largest absolute Gasteiger partial charge is 0.334 e. The van der Waals surface area contributed by atoms with Crippen LogP contribution in [0.15, 0.2) is 22.7 Å². The highest BCUT2D eigenvalue weighted by molar-refractivity contribution is 7.92. The Morgan fingerprint density at radius 3 is 2.64 bits per heavy atom. The Morgan fingerprint density at radius 1 is 1.36 bits per heavy atom. The van der Waals surface area contributed by atoms with Crippen molar-refractivity contribution in [1.82, 2.24) is 10.1 Å². The van der Waals surface area contributed by atoms with Crippen molar-refractivity contribution in [2.75, 3.05) is 16.3 Å². The van der Waals surface area contributed by atoms with Gasteiger partial charge >= 0.3 is 0 Å². The summed E-state index contributed by atoms with van der Waals surface area (Å²) in [4.78, 5) is 15.6. The fraction of sp³-hybridized carbons (Fsp3) is 0.400. The molecule has 3 rings (SSSR count). The Bertz CT molecular complexity index is 918. The van der Waals surface area contributed by atoms with Gasteiger partial charge in [-0.3, -0.25) is 9.52 Å². The summed E-state index contributed by atoms with van der Waals surface area (Å²) in [5.74, 6) is 0.269. The van der Waals surface area contributed by atoms with Gasteiger partial charge in [-0.15, -0.1) is 0 Å². The molecule has 0 bridgehead atoms. The summed E-state index contributed by atoms with van der Waals surface area (Å²) in [6.45, 7) is 1.38. The van der Waals surface area contributed by atoms with Crippen LogP contribution < -0.4 is 15.8 Å². The zero-order valence-electron chi connectivity index (χ0n) is 13.9. The quantitative estimate of drug-likeness (QED) is 0.727. The topological polar surface area (TPSA) is 140 Å². The van der Waals surface area contributed by atoms with Gasteiger partial charge in [0.2, 0.25) is 15.9 Å². The van der Waals surface area contributed by atoms with E-state index in [4.69, 9.17) is 10.3 Å². The van der Waals surface area contributed by atoms with E-state index < -0.39 is 15.6 Å². The van der Waals surface area contributed by atoms with Gasteiger partial charge in [-0.05, 0) is 37.5 Å². The zero-order chi connectivity index (χ0) is 18.2. The van der Waals surface area contributed by atoms with Gasteiger partial charge in [0.15, 0.2) is 5.82 Å². The summed E-state index contributed by atoms with van der Waals surface area (Å²) in [6, 6.07) is 4.66. The molecule has 1 saturated carbocycles. The van der Waals surface area contributed by atoms with Crippen LogP contribution in [-0.2, 0) is 20.4 Å². The molecule has 1 amide bonds. The summed E-state index contributed by atoms with van der Waals surface area (Å²) in [5.41, 5.74) is 6.71. The van der Waals surface area contributed by atoms with E-state index in [1.165, 1.54) is 13.0 Å². The van der Waals surface area contributed by atoms with E-state index >= 15 is 0 Å². The molecule has 25 heavy (non-hydrogen) atoms. The standard InChI is InChI=1S/C15H19N5O4S/c1-9(21)17-10-4-5-12(20-25(2,22)23)11(8-10)13-18-14(19-24-13)15(16)6-3-7-15/h4-5,8,20H,3,6-7,16H2,1-2H3,(H,17,21). The maximum absolute atomic E-state index is 11.6. The third kappa shape index (κ3) is 3.80. The molecule has 1 aromatic carbocycles. The Kier molecular flexibility index (Phi) is 4.25. The number of carbonyl (C=O) groups is 1. The molecule has 4 N–H and O–H groups in total. The number of rotatable bonds is 5. The molecule has 1 heterocycles.